The van der Waals surface area contributed by atoms with Crippen LogP contribution < -0.4 is 4.85 Å². The van der Waals surface area contributed by atoms with Crippen LogP contribution in [0.1, 0.15) is 6.29 Å². The number of hydrogen-bond acceptors (Lipinski definition) is 5. The van der Waals surface area contributed by atoms with Gasteiger partial charge < -0.3 is 5.21 Å². The van der Waals surface area contributed by atoms with E-state index in [1.165, 1.54) is 0 Å². The maximum absolute atomic E-state index is 11.6. The van der Waals surface area contributed by atoms with Crippen molar-refractivity contribution in [3.8, 4) is 0 Å². The zero-order valence-corrected chi connectivity index (χ0v) is 10.4. The van der Waals surface area contributed by atoms with E-state index in [0.717, 1.165) is 5.52 Å². The molecule has 7 heteroatoms. The fraction of sp³-hybridized carbons (Fsp3) is 0.500. The number of hydrogen-bond donors (Lipinski definition) is 0. The molecule has 0 aliphatic carbocycles. The van der Waals surface area contributed by atoms with Crippen molar-refractivity contribution in [2.45, 2.75) is 6.29 Å². The minimum absolute atomic E-state index is 0.128. The lowest BCUT2D eigenvalue weighted by Gasteiger charge is -2.27. The van der Waals surface area contributed by atoms with Crippen LogP contribution in [0.5, 0.6) is 0 Å². The van der Waals surface area contributed by atoms with Gasteiger partial charge in [0.05, 0.1) is 0 Å². The predicted molar refractivity (Wildman–Crippen MR) is 62.9 cm³/mol. The Labute approximate surface area is 99.4 Å². The topological polar surface area (TPSA) is 64.1 Å². The molecule has 0 aliphatic rings. The molecule has 2 heterocycles. The summed E-state index contributed by atoms with van der Waals surface area (Å²) in [5, 5.41) is 15.6. The van der Waals surface area contributed by atoms with Gasteiger partial charge in [0.25, 0.3) is 0 Å². The van der Waals surface area contributed by atoms with Gasteiger partial charge in [-0.1, -0.05) is 0 Å². The molecule has 2 aromatic heterocycles. The van der Waals surface area contributed by atoms with E-state index in [1.54, 1.807) is 16.9 Å². The third-order valence-corrected chi connectivity index (χ3v) is 2.51. The molecule has 17 heavy (non-hydrogen) atoms. The molecule has 0 aromatic carbocycles. The molecule has 7 nitrogen and oxygen atoms in total. The molecule has 0 unspecified atom stereocenters. The first kappa shape index (κ1) is 11.7. The van der Waals surface area contributed by atoms with Gasteiger partial charge in [0, 0.05) is 5.21 Å². The van der Waals surface area contributed by atoms with Gasteiger partial charge in [-0.3, -0.25) is 9.80 Å². The molecular weight excluding hydrogens is 220 g/mol. The number of aromatic nitrogens is 4. The summed E-state index contributed by atoms with van der Waals surface area (Å²) in [7, 11) is 7.74. The Morgan fingerprint density at radius 3 is 2.53 bits per heavy atom. The van der Waals surface area contributed by atoms with E-state index in [1.807, 2.05) is 44.1 Å². The van der Waals surface area contributed by atoms with Crippen molar-refractivity contribution >= 4 is 11.2 Å². The second-order valence-electron chi connectivity index (χ2n) is 4.33. The summed E-state index contributed by atoms with van der Waals surface area (Å²) in [5.74, 6) is 0. The average molecular weight is 236 g/mol. The Hall–Kier alpha value is -1.73. The predicted octanol–water partition coefficient (Wildman–Crippen LogP) is -0.356. The first-order chi connectivity index (χ1) is 8.02. The average Bonchev–Trinajstić information content (AvgIpc) is 2.56. The summed E-state index contributed by atoms with van der Waals surface area (Å²) in [6.45, 7) is 0. The summed E-state index contributed by atoms with van der Waals surface area (Å²) < 4.78 is 1.66. The number of fused-ring (bicyclic) bond motifs is 1. The molecular formula is C10H16N6O. The molecule has 0 N–H and O–H groups in total. The Bertz CT molecular complexity index is 512. The van der Waals surface area contributed by atoms with Crippen molar-refractivity contribution < 1.29 is 4.85 Å². The van der Waals surface area contributed by atoms with Crippen LogP contribution in [0, 0.1) is 5.21 Å². The highest BCUT2D eigenvalue weighted by Crippen LogP contribution is 2.16. The molecule has 0 fully saturated rings. The lowest BCUT2D eigenvalue weighted by molar-refractivity contribution is -0.649. The van der Waals surface area contributed by atoms with Crippen molar-refractivity contribution in [1.29, 1.82) is 0 Å². The Morgan fingerprint density at radius 1 is 1.29 bits per heavy atom. The number of pyridine rings is 1. The lowest BCUT2D eigenvalue weighted by atomic mass is 10.4. The Kier molecular flexibility index (Phi) is 2.95. The third-order valence-electron chi connectivity index (χ3n) is 2.51. The normalized spacial score (nSPS) is 12.2. The number of rotatable bonds is 3. The first-order valence-electron chi connectivity index (χ1n) is 5.28. The van der Waals surface area contributed by atoms with Crippen LogP contribution in [0.4, 0.5) is 0 Å². The van der Waals surface area contributed by atoms with Gasteiger partial charge in [-0.05, 0) is 40.3 Å². The van der Waals surface area contributed by atoms with Crippen LogP contribution in [-0.2, 0) is 0 Å². The smallest absolute Gasteiger partial charge is 0.324 e. The highest BCUT2D eigenvalue weighted by Gasteiger charge is 2.25. The highest BCUT2D eigenvalue weighted by molar-refractivity contribution is 5.66. The van der Waals surface area contributed by atoms with Crippen molar-refractivity contribution in [3.63, 3.8) is 0 Å². The Morgan fingerprint density at radius 2 is 1.94 bits per heavy atom. The molecule has 0 bridgehead atoms. The lowest BCUT2D eigenvalue weighted by Crippen LogP contribution is -2.40. The molecule has 0 aliphatic heterocycles. The fourth-order valence-electron chi connectivity index (χ4n) is 1.96. The van der Waals surface area contributed by atoms with Crippen molar-refractivity contribution in [1.82, 2.24) is 24.7 Å². The largest absolute Gasteiger partial charge is 0.721 e. The van der Waals surface area contributed by atoms with Gasteiger partial charge in [0.1, 0.15) is 6.20 Å². The molecule has 0 atom stereocenters. The maximum Gasteiger partial charge on any atom is 0.324 e. The van der Waals surface area contributed by atoms with Gasteiger partial charge in [0.15, 0.2) is 0 Å². The van der Waals surface area contributed by atoms with Crippen molar-refractivity contribution in [3.05, 3.63) is 23.5 Å². The fourth-order valence-corrected chi connectivity index (χ4v) is 1.96. The third kappa shape index (κ3) is 1.94. The van der Waals surface area contributed by atoms with Gasteiger partial charge in [-0.25, -0.2) is 0 Å². The summed E-state index contributed by atoms with van der Waals surface area (Å²) in [4.78, 5) is 8.53. The van der Waals surface area contributed by atoms with E-state index in [0.29, 0.717) is 10.5 Å². The number of nitrogens with zero attached hydrogens (tertiary/aromatic N) is 6. The highest BCUT2D eigenvalue weighted by atomic mass is 16.5. The summed E-state index contributed by atoms with van der Waals surface area (Å²) >= 11 is 0. The van der Waals surface area contributed by atoms with Crippen LogP contribution in [0.15, 0.2) is 18.3 Å². The quantitative estimate of drug-likeness (QED) is 0.414. The van der Waals surface area contributed by atoms with Crippen LogP contribution in [0.3, 0.4) is 0 Å². The molecule has 0 saturated carbocycles. The van der Waals surface area contributed by atoms with Crippen molar-refractivity contribution in [2.75, 3.05) is 28.2 Å². The summed E-state index contributed by atoms with van der Waals surface area (Å²) in [5.41, 5.74) is 1.05. The van der Waals surface area contributed by atoms with Crippen LogP contribution in [0.25, 0.3) is 11.2 Å². The summed E-state index contributed by atoms with van der Waals surface area (Å²) in [6, 6.07) is 3.63. The standard InChI is InChI=1S/C10H16N6O/c1-13(2)10(14(3)4)15-8-6-5-7-11-9(8)16(17)12-15/h5-7,10H,1-4H3. The minimum atomic E-state index is -0.128. The SMILES string of the molecule is CN(C)C(N(C)C)n1n[n+]([O-])c2ncccc21. The van der Waals surface area contributed by atoms with Crippen LogP contribution in [0.2, 0.25) is 0 Å². The van der Waals surface area contributed by atoms with E-state index in [9.17, 15) is 5.21 Å². The molecule has 2 rings (SSSR count). The van der Waals surface area contributed by atoms with Crippen molar-refractivity contribution in [2.24, 2.45) is 0 Å². The molecule has 92 valence electrons. The molecule has 0 spiro atoms. The zero-order chi connectivity index (χ0) is 12.6. The van der Waals surface area contributed by atoms with Gasteiger partial charge in [0.2, 0.25) is 11.8 Å². The molecule has 2 aromatic rings. The Balaban J connectivity index is 2.61. The van der Waals surface area contributed by atoms with Crippen LogP contribution >= 0.6 is 0 Å². The first-order valence-corrected chi connectivity index (χ1v) is 5.28. The monoisotopic (exact) mass is 236 g/mol. The van der Waals surface area contributed by atoms with Gasteiger partial charge >= 0.3 is 5.65 Å². The van der Waals surface area contributed by atoms with E-state index in [4.69, 9.17) is 0 Å². The van der Waals surface area contributed by atoms with Gasteiger partial charge in [-0.15, -0.1) is 14.5 Å². The van der Waals surface area contributed by atoms with Crippen LogP contribution in [-0.4, -0.2) is 52.9 Å². The molecule has 0 saturated heterocycles. The molecule has 0 radical (unpaired) electrons. The van der Waals surface area contributed by atoms with E-state index in [-0.39, 0.29) is 6.29 Å². The zero-order valence-electron chi connectivity index (χ0n) is 10.4. The molecule has 0 amide bonds. The minimum Gasteiger partial charge on any atom is -0.721 e. The maximum atomic E-state index is 11.6. The van der Waals surface area contributed by atoms with E-state index in [2.05, 4.69) is 10.2 Å². The van der Waals surface area contributed by atoms with Gasteiger partial charge in [-0.2, -0.15) is 0 Å². The summed E-state index contributed by atoms with van der Waals surface area (Å²) in [6.07, 6.45) is 1.46. The van der Waals surface area contributed by atoms with E-state index < -0.39 is 0 Å². The van der Waals surface area contributed by atoms with E-state index >= 15 is 0 Å². The second-order valence-corrected chi connectivity index (χ2v) is 4.33. The second kappa shape index (κ2) is 4.27.